The highest BCUT2D eigenvalue weighted by atomic mass is 79.9. The van der Waals surface area contributed by atoms with Crippen LogP contribution in [0.2, 0.25) is 0 Å². The van der Waals surface area contributed by atoms with Gasteiger partial charge in [-0.05, 0) is 46.3 Å². The molecule has 0 unspecified atom stereocenters. The molecule has 2 aliphatic heterocycles. The van der Waals surface area contributed by atoms with E-state index in [0.717, 1.165) is 37.7 Å². The van der Waals surface area contributed by atoms with Gasteiger partial charge in [-0.2, -0.15) is 5.10 Å². The average molecular weight is 429 g/mol. The van der Waals surface area contributed by atoms with Gasteiger partial charge in [0.15, 0.2) is 0 Å². The fourth-order valence-electron chi connectivity index (χ4n) is 3.53. The van der Waals surface area contributed by atoms with Crippen LogP contribution in [0.1, 0.15) is 34.7 Å². The third-order valence-electron chi connectivity index (χ3n) is 4.69. The van der Waals surface area contributed by atoms with Gasteiger partial charge in [0.1, 0.15) is 11.6 Å². The molecule has 0 N–H and O–H groups in total. The SMILES string of the molecule is Fc1cccc([C@H]2Oc3ccccc3[C@@H]3CC(c4ccc(Br)s4)=NN23)c1. The van der Waals surface area contributed by atoms with Gasteiger partial charge in [0.05, 0.1) is 20.4 Å². The summed E-state index contributed by atoms with van der Waals surface area (Å²) in [6, 6.07) is 18.8. The maximum Gasteiger partial charge on any atom is 0.213 e. The Morgan fingerprint density at radius 1 is 1.12 bits per heavy atom. The van der Waals surface area contributed by atoms with Crippen LogP contribution in [0, 0.1) is 5.82 Å². The quantitative estimate of drug-likeness (QED) is 0.507. The maximum atomic E-state index is 13.8. The molecule has 2 aliphatic rings. The van der Waals surface area contributed by atoms with Crippen LogP contribution in [0.25, 0.3) is 0 Å². The van der Waals surface area contributed by atoms with Crippen molar-refractivity contribution in [1.29, 1.82) is 0 Å². The first kappa shape index (κ1) is 16.0. The van der Waals surface area contributed by atoms with E-state index in [4.69, 9.17) is 9.84 Å². The van der Waals surface area contributed by atoms with Gasteiger partial charge < -0.3 is 4.74 Å². The van der Waals surface area contributed by atoms with Gasteiger partial charge in [-0.25, -0.2) is 9.40 Å². The van der Waals surface area contributed by atoms with Crippen molar-refractivity contribution in [2.75, 3.05) is 0 Å². The summed E-state index contributed by atoms with van der Waals surface area (Å²) in [5.41, 5.74) is 2.92. The molecule has 3 heterocycles. The molecule has 0 fully saturated rings. The fourth-order valence-corrected chi connectivity index (χ4v) is 4.91. The molecule has 3 nitrogen and oxygen atoms in total. The molecule has 130 valence electrons. The molecule has 0 bridgehead atoms. The van der Waals surface area contributed by atoms with Crippen LogP contribution in [-0.2, 0) is 0 Å². The van der Waals surface area contributed by atoms with E-state index in [-0.39, 0.29) is 11.9 Å². The van der Waals surface area contributed by atoms with E-state index in [1.54, 1.807) is 17.4 Å². The molecule has 0 spiro atoms. The molecular formula is C20H14BrFN2OS. The fraction of sp³-hybridized carbons (Fsp3) is 0.150. The highest BCUT2D eigenvalue weighted by molar-refractivity contribution is 9.11. The Kier molecular flexibility index (Phi) is 3.83. The number of ether oxygens (including phenoxy) is 1. The van der Waals surface area contributed by atoms with Crippen molar-refractivity contribution in [3.63, 3.8) is 0 Å². The molecule has 0 aliphatic carbocycles. The Morgan fingerprint density at radius 2 is 2.00 bits per heavy atom. The number of hydrazone groups is 1. The van der Waals surface area contributed by atoms with Gasteiger partial charge in [0, 0.05) is 17.5 Å². The molecule has 1 aromatic heterocycles. The largest absolute Gasteiger partial charge is 0.464 e. The second kappa shape index (κ2) is 6.21. The van der Waals surface area contributed by atoms with Crippen LogP contribution in [0.3, 0.4) is 0 Å². The second-order valence-corrected chi connectivity index (χ2v) is 8.78. The Balaban J connectivity index is 1.61. The number of rotatable bonds is 2. The number of fused-ring (bicyclic) bond motifs is 3. The standard InChI is InChI=1S/C20H14BrFN2OS/c21-19-9-8-18(26-19)15-11-16-14-6-1-2-7-17(14)25-20(24(16)23-15)12-4-3-5-13(22)10-12/h1-10,16,20H,11H2/t16-,20+/m0/s1. The first-order chi connectivity index (χ1) is 12.7. The van der Waals surface area contributed by atoms with Crippen LogP contribution >= 0.6 is 27.3 Å². The molecule has 6 heteroatoms. The number of hydrogen-bond donors (Lipinski definition) is 0. The number of benzene rings is 2. The van der Waals surface area contributed by atoms with Crippen molar-refractivity contribution in [2.24, 2.45) is 5.10 Å². The molecule has 26 heavy (non-hydrogen) atoms. The predicted octanol–water partition coefficient (Wildman–Crippen LogP) is 5.89. The number of hydrogen-bond acceptors (Lipinski definition) is 4. The monoisotopic (exact) mass is 428 g/mol. The van der Waals surface area contributed by atoms with Crippen LogP contribution in [0.5, 0.6) is 5.75 Å². The molecule has 0 saturated carbocycles. The van der Waals surface area contributed by atoms with E-state index in [9.17, 15) is 4.39 Å². The normalized spacial score (nSPS) is 21.0. The van der Waals surface area contributed by atoms with Crippen molar-refractivity contribution in [3.05, 3.63) is 86.3 Å². The van der Waals surface area contributed by atoms with E-state index in [2.05, 4.69) is 28.1 Å². The molecule has 3 aromatic rings. The van der Waals surface area contributed by atoms with Gasteiger partial charge >= 0.3 is 0 Å². The summed E-state index contributed by atoms with van der Waals surface area (Å²) in [5.74, 6) is 0.568. The Morgan fingerprint density at radius 3 is 2.81 bits per heavy atom. The van der Waals surface area contributed by atoms with Crippen LogP contribution in [0.4, 0.5) is 4.39 Å². The van der Waals surface area contributed by atoms with Gasteiger partial charge in [0.25, 0.3) is 0 Å². The summed E-state index contributed by atoms with van der Waals surface area (Å²) in [6.07, 6.45) is 0.366. The lowest BCUT2D eigenvalue weighted by Gasteiger charge is -2.38. The first-order valence-corrected chi connectivity index (χ1v) is 9.92. The van der Waals surface area contributed by atoms with Crippen LogP contribution in [0.15, 0.2) is 69.6 Å². The molecule has 0 saturated heterocycles. The summed E-state index contributed by atoms with van der Waals surface area (Å²) >= 11 is 5.19. The molecule has 5 rings (SSSR count). The summed E-state index contributed by atoms with van der Waals surface area (Å²) in [5, 5.41) is 6.84. The van der Waals surface area contributed by atoms with E-state index in [1.165, 1.54) is 12.1 Å². The minimum atomic E-state index is -0.438. The van der Waals surface area contributed by atoms with E-state index in [0.29, 0.717) is 0 Å². The van der Waals surface area contributed by atoms with E-state index >= 15 is 0 Å². The minimum absolute atomic E-state index is 0.0871. The van der Waals surface area contributed by atoms with Crippen molar-refractivity contribution < 1.29 is 9.13 Å². The maximum absolute atomic E-state index is 13.8. The molecule has 0 amide bonds. The summed E-state index contributed by atoms with van der Waals surface area (Å²) in [4.78, 5) is 1.14. The van der Waals surface area contributed by atoms with Crippen molar-refractivity contribution in [2.45, 2.75) is 18.7 Å². The average Bonchev–Trinajstić information content (AvgIpc) is 3.27. The van der Waals surface area contributed by atoms with Crippen molar-refractivity contribution in [1.82, 2.24) is 5.01 Å². The summed E-state index contributed by atoms with van der Waals surface area (Å²) < 4.78 is 21.1. The summed E-state index contributed by atoms with van der Waals surface area (Å²) in [7, 11) is 0. The number of para-hydroxylation sites is 1. The number of nitrogens with zero attached hydrogens (tertiary/aromatic N) is 2. The highest BCUT2D eigenvalue weighted by Gasteiger charge is 2.41. The Hall–Kier alpha value is -2.18. The van der Waals surface area contributed by atoms with Crippen molar-refractivity contribution in [3.8, 4) is 5.75 Å². The predicted molar refractivity (Wildman–Crippen MR) is 104 cm³/mol. The first-order valence-electron chi connectivity index (χ1n) is 8.31. The smallest absolute Gasteiger partial charge is 0.213 e. The molecule has 2 aromatic carbocycles. The molecular weight excluding hydrogens is 415 g/mol. The zero-order valence-corrected chi connectivity index (χ0v) is 16.0. The second-order valence-electron chi connectivity index (χ2n) is 6.31. The van der Waals surface area contributed by atoms with Crippen LogP contribution < -0.4 is 4.74 Å². The van der Waals surface area contributed by atoms with E-state index < -0.39 is 6.23 Å². The lowest BCUT2D eigenvalue weighted by molar-refractivity contribution is -0.0192. The topological polar surface area (TPSA) is 24.8 Å². The third-order valence-corrected chi connectivity index (χ3v) is 6.36. The van der Waals surface area contributed by atoms with Gasteiger partial charge in [-0.1, -0.05) is 30.3 Å². The number of halogens is 2. The Labute approximate surface area is 162 Å². The molecule has 2 atom stereocenters. The zero-order valence-electron chi connectivity index (χ0n) is 13.6. The van der Waals surface area contributed by atoms with E-state index in [1.807, 2.05) is 35.3 Å². The van der Waals surface area contributed by atoms with Crippen LogP contribution in [-0.4, -0.2) is 10.7 Å². The summed E-state index contributed by atoms with van der Waals surface area (Å²) in [6.45, 7) is 0. The highest BCUT2D eigenvalue weighted by Crippen LogP contribution is 2.47. The van der Waals surface area contributed by atoms with Gasteiger partial charge in [-0.15, -0.1) is 11.3 Å². The minimum Gasteiger partial charge on any atom is -0.464 e. The zero-order chi connectivity index (χ0) is 17.7. The number of thiophene rings is 1. The van der Waals surface area contributed by atoms with Gasteiger partial charge in [0.2, 0.25) is 6.23 Å². The lowest BCUT2D eigenvalue weighted by atomic mass is 9.98. The lowest BCUT2D eigenvalue weighted by Crippen LogP contribution is -2.33. The molecule has 0 radical (unpaired) electrons. The van der Waals surface area contributed by atoms with Gasteiger partial charge in [-0.3, -0.25) is 0 Å². The third kappa shape index (κ3) is 2.64. The Bertz CT molecular complexity index is 1020. The van der Waals surface area contributed by atoms with Crippen molar-refractivity contribution >= 4 is 33.0 Å².